The highest BCUT2D eigenvalue weighted by Crippen LogP contribution is 2.32. The van der Waals surface area contributed by atoms with Gasteiger partial charge < -0.3 is 14.2 Å². The summed E-state index contributed by atoms with van der Waals surface area (Å²) in [5.41, 5.74) is 2.14. The lowest BCUT2D eigenvalue weighted by atomic mass is 10.1. The van der Waals surface area contributed by atoms with E-state index in [1.165, 1.54) is 0 Å². The highest BCUT2D eigenvalue weighted by Gasteiger charge is 2.24. The molecule has 2 aromatic carbocycles. The fourth-order valence-electron chi connectivity index (χ4n) is 2.82. The maximum atomic E-state index is 12.9. The maximum absolute atomic E-state index is 12.9. The standard InChI is InChI=1S/C19H25NO5S/c1-12-13(2)19(10-9-17(12)24-5)26(21,22)20-14(3)16-11-15(23-4)7-8-18(16)25-6/h7-11,14,20H,1-6H3. The second-order valence-corrected chi connectivity index (χ2v) is 7.65. The molecule has 0 radical (unpaired) electrons. The fraction of sp³-hybridized carbons (Fsp3) is 0.368. The van der Waals surface area contributed by atoms with Crippen LogP contribution in [0, 0.1) is 13.8 Å². The minimum Gasteiger partial charge on any atom is -0.497 e. The second-order valence-electron chi connectivity index (χ2n) is 5.97. The van der Waals surface area contributed by atoms with E-state index in [0.717, 1.165) is 5.56 Å². The van der Waals surface area contributed by atoms with Gasteiger partial charge in [0, 0.05) is 11.6 Å². The first kappa shape index (κ1) is 20.1. The van der Waals surface area contributed by atoms with Gasteiger partial charge in [-0.3, -0.25) is 0 Å². The summed E-state index contributed by atoms with van der Waals surface area (Å²) in [6, 6.07) is 7.99. The molecule has 1 atom stereocenters. The highest BCUT2D eigenvalue weighted by molar-refractivity contribution is 7.89. The van der Waals surface area contributed by atoms with Crippen LogP contribution in [-0.4, -0.2) is 29.7 Å². The first-order valence-electron chi connectivity index (χ1n) is 8.13. The Hall–Kier alpha value is -2.25. The Labute approximate surface area is 155 Å². The van der Waals surface area contributed by atoms with Crippen molar-refractivity contribution in [3.05, 3.63) is 47.0 Å². The van der Waals surface area contributed by atoms with Gasteiger partial charge >= 0.3 is 0 Å². The van der Waals surface area contributed by atoms with E-state index < -0.39 is 16.1 Å². The van der Waals surface area contributed by atoms with E-state index in [-0.39, 0.29) is 4.90 Å². The normalized spacial score (nSPS) is 12.5. The Bertz CT molecular complexity index is 893. The lowest BCUT2D eigenvalue weighted by molar-refractivity contribution is 0.395. The second kappa shape index (κ2) is 7.97. The number of nitrogens with one attached hydrogen (secondary N) is 1. The van der Waals surface area contributed by atoms with Crippen LogP contribution in [-0.2, 0) is 10.0 Å². The van der Waals surface area contributed by atoms with Crippen molar-refractivity contribution in [3.8, 4) is 17.2 Å². The van der Waals surface area contributed by atoms with Gasteiger partial charge in [0.25, 0.3) is 0 Å². The minimum absolute atomic E-state index is 0.226. The van der Waals surface area contributed by atoms with Crippen molar-refractivity contribution < 1.29 is 22.6 Å². The zero-order valence-electron chi connectivity index (χ0n) is 15.9. The average molecular weight is 379 g/mol. The SMILES string of the molecule is COc1ccc(OC)c(C(C)NS(=O)(=O)c2ccc(OC)c(C)c2C)c1. The molecule has 2 aromatic rings. The van der Waals surface area contributed by atoms with Crippen molar-refractivity contribution in [2.45, 2.75) is 31.7 Å². The summed E-state index contributed by atoms with van der Waals surface area (Å²) in [7, 11) is 0.933. The molecule has 0 aliphatic rings. The number of methoxy groups -OCH3 is 3. The topological polar surface area (TPSA) is 73.9 Å². The van der Waals surface area contributed by atoms with Crippen molar-refractivity contribution in [1.82, 2.24) is 4.72 Å². The Morgan fingerprint density at radius 2 is 1.50 bits per heavy atom. The maximum Gasteiger partial charge on any atom is 0.241 e. The zero-order valence-corrected chi connectivity index (χ0v) is 16.7. The fourth-order valence-corrected chi connectivity index (χ4v) is 4.34. The van der Waals surface area contributed by atoms with Gasteiger partial charge in [0.15, 0.2) is 0 Å². The number of hydrogen-bond donors (Lipinski definition) is 1. The molecule has 2 rings (SSSR count). The van der Waals surface area contributed by atoms with Crippen LogP contribution >= 0.6 is 0 Å². The molecule has 0 spiro atoms. The zero-order chi connectivity index (χ0) is 19.5. The van der Waals surface area contributed by atoms with Crippen LogP contribution in [0.5, 0.6) is 17.2 Å². The molecule has 0 saturated carbocycles. The van der Waals surface area contributed by atoms with E-state index in [1.54, 1.807) is 65.5 Å². The van der Waals surface area contributed by atoms with Gasteiger partial charge in [-0.05, 0) is 62.2 Å². The molecule has 1 N–H and O–H groups in total. The van der Waals surface area contributed by atoms with Gasteiger partial charge in [0.1, 0.15) is 17.2 Å². The largest absolute Gasteiger partial charge is 0.497 e. The molecular formula is C19H25NO5S. The molecule has 0 bridgehead atoms. The molecule has 6 nitrogen and oxygen atoms in total. The Balaban J connectivity index is 2.40. The molecule has 7 heteroatoms. The summed E-state index contributed by atoms with van der Waals surface area (Å²) in [4.78, 5) is 0.226. The molecule has 0 heterocycles. The number of rotatable bonds is 7. The van der Waals surface area contributed by atoms with Gasteiger partial charge in [-0.1, -0.05) is 0 Å². The third-order valence-electron chi connectivity index (χ3n) is 4.43. The van der Waals surface area contributed by atoms with Crippen LogP contribution in [0.2, 0.25) is 0 Å². The Kier molecular flexibility index (Phi) is 6.15. The smallest absolute Gasteiger partial charge is 0.241 e. The number of hydrogen-bond acceptors (Lipinski definition) is 5. The molecule has 0 aliphatic carbocycles. The third-order valence-corrected chi connectivity index (χ3v) is 6.12. The van der Waals surface area contributed by atoms with Gasteiger partial charge in [-0.25, -0.2) is 13.1 Å². The highest BCUT2D eigenvalue weighted by atomic mass is 32.2. The summed E-state index contributed by atoms with van der Waals surface area (Å²) in [6.45, 7) is 5.37. The summed E-state index contributed by atoms with van der Waals surface area (Å²) in [5, 5.41) is 0. The molecule has 1 unspecified atom stereocenters. The van der Waals surface area contributed by atoms with Crippen molar-refractivity contribution in [1.29, 1.82) is 0 Å². The van der Waals surface area contributed by atoms with Crippen LogP contribution in [0.25, 0.3) is 0 Å². The van der Waals surface area contributed by atoms with Gasteiger partial charge in [0.05, 0.1) is 26.2 Å². The predicted molar refractivity (Wildman–Crippen MR) is 101 cm³/mol. The van der Waals surface area contributed by atoms with Crippen LogP contribution in [0.3, 0.4) is 0 Å². The van der Waals surface area contributed by atoms with E-state index >= 15 is 0 Å². The average Bonchev–Trinajstić information content (AvgIpc) is 2.62. The summed E-state index contributed by atoms with van der Waals surface area (Å²) in [5.74, 6) is 1.87. The van der Waals surface area contributed by atoms with Crippen molar-refractivity contribution in [2.24, 2.45) is 0 Å². The van der Waals surface area contributed by atoms with Gasteiger partial charge in [-0.15, -0.1) is 0 Å². The summed E-state index contributed by atoms with van der Waals surface area (Å²) >= 11 is 0. The molecule has 0 aromatic heterocycles. The predicted octanol–water partition coefficient (Wildman–Crippen LogP) is 3.37. The monoisotopic (exact) mass is 379 g/mol. The van der Waals surface area contributed by atoms with E-state index in [0.29, 0.717) is 28.4 Å². The van der Waals surface area contributed by atoms with Crippen molar-refractivity contribution in [3.63, 3.8) is 0 Å². The quantitative estimate of drug-likeness (QED) is 0.798. The minimum atomic E-state index is -3.73. The van der Waals surface area contributed by atoms with Crippen LogP contribution in [0.1, 0.15) is 29.7 Å². The lowest BCUT2D eigenvalue weighted by Gasteiger charge is -2.20. The van der Waals surface area contributed by atoms with Crippen LogP contribution in [0.4, 0.5) is 0 Å². The molecule has 26 heavy (non-hydrogen) atoms. The van der Waals surface area contributed by atoms with E-state index in [1.807, 2.05) is 6.92 Å². The molecule has 142 valence electrons. The molecule has 0 saturated heterocycles. The van der Waals surface area contributed by atoms with E-state index in [9.17, 15) is 8.42 Å². The Morgan fingerprint density at radius 1 is 0.885 bits per heavy atom. The lowest BCUT2D eigenvalue weighted by Crippen LogP contribution is -2.28. The van der Waals surface area contributed by atoms with Crippen LogP contribution < -0.4 is 18.9 Å². The van der Waals surface area contributed by atoms with E-state index in [2.05, 4.69) is 4.72 Å². The number of benzene rings is 2. The van der Waals surface area contributed by atoms with Crippen LogP contribution in [0.15, 0.2) is 35.2 Å². The summed E-state index contributed by atoms with van der Waals surface area (Å²) < 4.78 is 44.4. The van der Waals surface area contributed by atoms with Gasteiger partial charge in [-0.2, -0.15) is 0 Å². The number of ether oxygens (including phenoxy) is 3. The van der Waals surface area contributed by atoms with E-state index in [4.69, 9.17) is 14.2 Å². The van der Waals surface area contributed by atoms with Gasteiger partial charge in [0.2, 0.25) is 10.0 Å². The molecule has 0 amide bonds. The summed E-state index contributed by atoms with van der Waals surface area (Å²) in [6.07, 6.45) is 0. The molecule has 0 aliphatic heterocycles. The number of sulfonamides is 1. The third kappa shape index (κ3) is 3.94. The molecular weight excluding hydrogens is 354 g/mol. The van der Waals surface area contributed by atoms with Crippen molar-refractivity contribution >= 4 is 10.0 Å². The first-order chi connectivity index (χ1) is 12.2. The molecule has 0 fully saturated rings. The first-order valence-corrected chi connectivity index (χ1v) is 9.62. The Morgan fingerprint density at radius 3 is 2.08 bits per heavy atom. The van der Waals surface area contributed by atoms with Crippen molar-refractivity contribution in [2.75, 3.05) is 21.3 Å².